The summed E-state index contributed by atoms with van der Waals surface area (Å²) in [5.41, 5.74) is -0.808. The highest BCUT2D eigenvalue weighted by Crippen LogP contribution is 2.33. The smallest absolute Gasteiger partial charge is 0.353 e. The van der Waals surface area contributed by atoms with Gasteiger partial charge in [-0.25, -0.2) is 4.98 Å². The van der Waals surface area contributed by atoms with Crippen LogP contribution in [0.4, 0.5) is 19.0 Å². The van der Waals surface area contributed by atoms with Crippen LogP contribution in [-0.4, -0.2) is 42.1 Å². The number of nitrogens with zero attached hydrogens (tertiary/aromatic N) is 3. The molecule has 2 heterocycles. The molecular weight excluding hydrogens is 327 g/mol. The zero-order valence-corrected chi connectivity index (χ0v) is 13.4. The van der Waals surface area contributed by atoms with Crippen LogP contribution >= 0.6 is 11.6 Å². The van der Waals surface area contributed by atoms with Gasteiger partial charge in [-0.1, -0.05) is 23.8 Å². The summed E-state index contributed by atoms with van der Waals surface area (Å²) < 4.78 is 38.0. The standard InChI is InChI=1S/C16H19ClF3N3/c17-14-10-12(16(18,19)20)11-21-15(14)23-8-6-22(7-9-23)13-4-2-1-3-5-13/h2,4,10-11,13H,1,3,5-9H2. The van der Waals surface area contributed by atoms with Gasteiger partial charge in [-0.05, 0) is 25.3 Å². The van der Waals surface area contributed by atoms with E-state index < -0.39 is 11.7 Å². The van der Waals surface area contributed by atoms with E-state index in [0.29, 0.717) is 11.9 Å². The summed E-state index contributed by atoms with van der Waals surface area (Å²) in [5.74, 6) is 0.443. The van der Waals surface area contributed by atoms with Crippen LogP contribution in [0, 0.1) is 0 Å². The first kappa shape index (κ1) is 16.6. The summed E-state index contributed by atoms with van der Waals surface area (Å²) >= 11 is 6.02. The molecule has 0 aromatic carbocycles. The summed E-state index contributed by atoms with van der Waals surface area (Å²) in [7, 11) is 0. The summed E-state index contributed by atoms with van der Waals surface area (Å²) in [6, 6.07) is 1.45. The van der Waals surface area contributed by atoms with E-state index in [-0.39, 0.29) is 5.02 Å². The second kappa shape index (κ2) is 6.69. The number of pyridine rings is 1. The molecule has 1 fully saturated rings. The minimum absolute atomic E-state index is 0.0610. The molecule has 0 N–H and O–H groups in total. The Hall–Kier alpha value is -1.27. The second-order valence-electron chi connectivity index (χ2n) is 5.98. The Bertz CT molecular complexity index is 580. The molecule has 23 heavy (non-hydrogen) atoms. The lowest BCUT2D eigenvalue weighted by Crippen LogP contribution is -2.50. The number of halogens is 4. The summed E-state index contributed by atoms with van der Waals surface area (Å²) in [4.78, 5) is 8.33. The second-order valence-corrected chi connectivity index (χ2v) is 6.38. The third-order valence-corrected chi connectivity index (χ3v) is 4.74. The van der Waals surface area contributed by atoms with Gasteiger partial charge in [0.2, 0.25) is 0 Å². The number of alkyl halides is 3. The number of hydrogen-bond donors (Lipinski definition) is 0. The number of hydrogen-bond acceptors (Lipinski definition) is 3. The van der Waals surface area contributed by atoms with E-state index in [4.69, 9.17) is 11.6 Å². The maximum Gasteiger partial charge on any atom is 0.417 e. The highest BCUT2D eigenvalue weighted by Gasteiger charge is 2.32. The fourth-order valence-corrected chi connectivity index (χ4v) is 3.47. The number of allylic oxidation sites excluding steroid dienone is 1. The molecule has 0 saturated carbocycles. The maximum atomic E-state index is 12.7. The molecule has 0 radical (unpaired) electrons. The average Bonchev–Trinajstić information content (AvgIpc) is 2.55. The molecule has 1 atom stereocenters. The van der Waals surface area contributed by atoms with Crippen molar-refractivity contribution in [2.45, 2.75) is 31.5 Å². The fraction of sp³-hybridized carbons (Fsp3) is 0.562. The van der Waals surface area contributed by atoms with Crippen LogP contribution in [0.15, 0.2) is 24.4 Å². The highest BCUT2D eigenvalue weighted by atomic mass is 35.5. The lowest BCUT2D eigenvalue weighted by molar-refractivity contribution is -0.137. The molecule has 0 amide bonds. The van der Waals surface area contributed by atoms with Gasteiger partial charge < -0.3 is 4.90 Å². The number of piperazine rings is 1. The predicted octanol–water partition coefficient (Wildman–Crippen LogP) is 3.98. The molecule has 7 heteroatoms. The molecule has 126 valence electrons. The molecule has 1 aliphatic carbocycles. The predicted molar refractivity (Wildman–Crippen MR) is 84.8 cm³/mol. The van der Waals surface area contributed by atoms with Crippen LogP contribution in [0.5, 0.6) is 0 Å². The van der Waals surface area contributed by atoms with Crippen molar-refractivity contribution in [1.29, 1.82) is 0 Å². The van der Waals surface area contributed by atoms with E-state index in [9.17, 15) is 13.2 Å². The van der Waals surface area contributed by atoms with Gasteiger partial charge in [0.05, 0.1) is 10.6 Å². The van der Waals surface area contributed by atoms with E-state index in [2.05, 4.69) is 22.0 Å². The molecule has 1 unspecified atom stereocenters. The Kier molecular flexibility index (Phi) is 4.82. The molecule has 3 nitrogen and oxygen atoms in total. The molecule has 1 saturated heterocycles. The van der Waals surface area contributed by atoms with E-state index in [1.807, 2.05) is 4.90 Å². The molecule has 0 spiro atoms. The molecule has 0 bridgehead atoms. The van der Waals surface area contributed by atoms with E-state index in [1.165, 1.54) is 12.8 Å². The lowest BCUT2D eigenvalue weighted by Gasteiger charge is -2.39. The first-order valence-electron chi connectivity index (χ1n) is 7.83. The van der Waals surface area contributed by atoms with Crippen molar-refractivity contribution >= 4 is 17.4 Å². The molecule has 1 aliphatic heterocycles. The Morgan fingerprint density at radius 1 is 1.17 bits per heavy atom. The monoisotopic (exact) mass is 345 g/mol. The third kappa shape index (κ3) is 3.80. The van der Waals surface area contributed by atoms with E-state index in [0.717, 1.165) is 44.9 Å². The van der Waals surface area contributed by atoms with E-state index >= 15 is 0 Å². The van der Waals surface area contributed by atoms with Crippen molar-refractivity contribution < 1.29 is 13.2 Å². The molecular formula is C16H19ClF3N3. The maximum absolute atomic E-state index is 12.7. The van der Waals surface area contributed by atoms with Gasteiger partial charge in [-0.3, -0.25) is 4.90 Å². The van der Waals surface area contributed by atoms with Gasteiger partial charge in [-0.15, -0.1) is 0 Å². The summed E-state index contributed by atoms with van der Waals surface area (Å²) in [6.07, 6.45) is 4.49. The minimum Gasteiger partial charge on any atom is -0.353 e. The minimum atomic E-state index is -4.42. The summed E-state index contributed by atoms with van der Waals surface area (Å²) in [6.45, 7) is 3.19. The largest absolute Gasteiger partial charge is 0.417 e. The van der Waals surface area contributed by atoms with Crippen LogP contribution in [0.1, 0.15) is 24.8 Å². The Labute approximate surface area is 138 Å². The Morgan fingerprint density at radius 3 is 2.48 bits per heavy atom. The van der Waals surface area contributed by atoms with Crippen molar-refractivity contribution in [1.82, 2.24) is 9.88 Å². The SMILES string of the molecule is FC(F)(F)c1cnc(N2CCN(C3C=CCCC3)CC2)c(Cl)c1. The zero-order chi connectivity index (χ0) is 16.4. The Balaban J connectivity index is 1.65. The normalized spacial score (nSPS) is 23.3. The topological polar surface area (TPSA) is 19.4 Å². The zero-order valence-electron chi connectivity index (χ0n) is 12.7. The van der Waals surface area contributed by atoms with Gasteiger partial charge in [0.1, 0.15) is 5.82 Å². The van der Waals surface area contributed by atoms with Crippen LogP contribution in [0.2, 0.25) is 5.02 Å². The van der Waals surface area contributed by atoms with Crippen LogP contribution in [0.25, 0.3) is 0 Å². The molecule has 1 aromatic rings. The first-order chi connectivity index (χ1) is 10.9. The average molecular weight is 346 g/mol. The highest BCUT2D eigenvalue weighted by molar-refractivity contribution is 6.33. The van der Waals surface area contributed by atoms with Gasteiger partial charge in [0, 0.05) is 38.4 Å². The van der Waals surface area contributed by atoms with Crippen LogP contribution < -0.4 is 4.90 Å². The van der Waals surface area contributed by atoms with Gasteiger partial charge in [0.25, 0.3) is 0 Å². The molecule has 2 aliphatic rings. The van der Waals surface area contributed by atoms with Crippen LogP contribution in [-0.2, 0) is 6.18 Å². The quantitative estimate of drug-likeness (QED) is 0.756. The first-order valence-corrected chi connectivity index (χ1v) is 8.21. The molecule has 3 rings (SSSR count). The number of anilines is 1. The van der Waals surface area contributed by atoms with Crippen molar-refractivity contribution in [3.05, 3.63) is 35.0 Å². The van der Waals surface area contributed by atoms with E-state index in [1.54, 1.807) is 0 Å². The lowest BCUT2D eigenvalue weighted by atomic mass is 10.0. The van der Waals surface area contributed by atoms with Crippen molar-refractivity contribution in [3.8, 4) is 0 Å². The Morgan fingerprint density at radius 2 is 1.91 bits per heavy atom. The van der Waals surface area contributed by atoms with Crippen molar-refractivity contribution in [2.75, 3.05) is 31.1 Å². The van der Waals surface area contributed by atoms with Gasteiger partial charge in [0.15, 0.2) is 0 Å². The fourth-order valence-electron chi connectivity index (χ4n) is 3.18. The van der Waals surface area contributed by atoms with Crippen LogP contribution in [0.3, 0.4) is 0 Å². The third-order valence-electron chi connectivity index (χ3n) is 4.46. The van der Waals surface area contributed by atoms with Gasteiger partial charge in [-0.2, -0.15) is 13.2 Å². The van der Waals surface area contributed by atoms with Crippen molar-refractivity contribution in [3.63, 3.8) is 0 Å². The van der Waals surface area contributed by atoms with Gasteiger partial charge >= 0.3 is 6.18 Å². The summed E-state index contributed by atoms with van der Waals surface area (Å²) in [5, 5.41) is 0.0610. The number of rotatable bonds is 2. The van der Waals surface area contributed by atoms with Crippen molar-refractivity contribution in [2.24, 2.45) is 0 Å². The number of aromatic nitrogens is 1. The molecule has 1 aromatic heterocycles.